The monoisotopic (exact) mass is 445 g/mol. The van der Waals surface area contributed by atoms with Gasteiger partial charge in [-0.3, -0.25) is 11.1 Å². The molecule has 152 valence electrons. The summed E-state index contributed by atoms with van der Waals surface area (Å²) < 4.78 is 59.8. The number of aryl methyl sites for hydroxylation is 1. The average molecular weight is 446 g/mol. The van der Waals surface area contributed by atoms with Crippen LogP contribution >= 0.6 is 11.8 Å². The predicted molar refractivity (Wildman–Crippen MR) is 108 cm³/mol. The topological polar surface area (TPSA) is 138 Å². The lowest BCUT2D eigenvalue weighted by atomic mass is 10.2. The Bertz CT molecular complexity index is 1080. The van der Waals surface area contributed by atoms with Gasteiger partial charge in [0.05, 0.1) is 11.5 Å². The van der Waals surface area contributed by atoms with Crippen LogP contribution in [0, 0.1) is 6.92 Å². The van der Waals surface area contributed by atoms with E-state index in [-0.39, 0.29) is 15.8 Å². The van der Waals surface area contributed by atoms with Crippen LogP contribution < -0.4 is 20.1 Å². The highest BCUT2D eigenvalue weighted by Gasteiger charge is 2.25. The summed E-state index contributed by atoms with van der Waals surface area (Å²) in [6.45, 7) is 2.05. The van der Waals surface area contributed by atoms with Gasteiger partial charge in [0.1, 0.15) is 16.4 Å². The molecule has 0 saturated heterocycles. The van der Waals surface area contributed by atoms with Crippen molar-refractivity contribution in [3.8, 4) is 11.5 Å². The zero-order chi connectivity index (χ0) is 20.9. The van der Waals surface area contributed by atoms with Gasteiger partial charge in [-0.15, -0.1) is 0 Å². The summed E-state index contributed by atoms with van der Waals surface area (Å²) in [6.07, 6.45) is 0.934. The van der Waals surface area contributed by atoms with Crippen LogP contribution in [0.2, 0.25) is 0 Å². The van der Waals surface area contributed by atoms with Crippen molar-refractivity contribution in [2.45, 2.75) is 16.7 Å². The first kappa shape index (κ1) is 22.1. The van der Waals surface area contributed by atoms with Crippen molar-refractivity contribution >= 4 is 36.9 Å². The highest BCUT2D eigenvalue weighted by molar-refractivity contribution is 8.13. The molecule has 28 heavy (non-hydrogen) atoms. The number of hydrogen-bond acceptors (Lipinski definition) is 7. The van der Waals surface area contributed by atoms with Gasteiger partial charge in [0.15, 0.2) is 9.84 Å². The fourth-order valence-electron chi connectivity index (χ4n) is 2.30. The average Bonchev–Trinajstić information content (AvgIpc) is 2.57. The van der Waals surface area contributed by atoms with Gasteiger partial charge in [-0.05, 0) is 48.5 Å². The minimum Gasteiger partial charge on any atom is -0.493 e. The summed E-state index contributed by atoms with van der Waals surface area (Å²) in [5.41, 5.74) is 6.07. The molecule has 4 N–H and O–H groups in total. The smallest absolute Gasteiger partial charge is 0.340 e. The lowest BCUT2D eigenvalue weighted by molar-refractivity contribution is -0.110. The maximum absolute atomic E-state index is 12.7. The van der Waals surface area contributed by atoms with Gasteiger partial charge in [-0.2, -0.15) is 8.42 Å². The Morgan fingerprint density at radius 3 is 2.29 bits per heavy atom. The van der Waals surface area contributed by atoms with E-state index in [2.05, 4.69) is 0 Å². The van der Waals surface area contributed by atoms with Crippen LogP contribution in [0.5, 0.6) is 11.5 Å². The molecule has 0 amide bonds. The number of thioether (sulfide) groups is 1. The van der Waals surface area contributed by atoms with E-state index >= 15 is 0 Å². The van der Waals surface area contributed by atoms with Crippen molar-refractivity contribution in [2.24, 2.45) is 5.73 Å². The molecule has 0 fully saturated rings. The quantitative estimate of drug-likeness (QED) is 0.257. The van der Waals surface area contributed by atoms with E-state index < -0.39 is 24.9 Å². The van der Waals surface area contributed by atoms with E-state index in [4.69, 9.17) is 20.1 Å². The van der Waals surface area contributed by atoms with Crippen molar-refractivity contribution in [2.75, 3.05) is 18.6 Å². The number of rotatable bonds is 8. The highest BCUT2D eigenvalue weighted by atomic mass is 32.2. The maximum Gasteiger partial charge on any atom is 0.340 e. The Hall–Kier alpha value is -2.24. The van der Waals surface area contributed by atoms with Gasteiger partial charge >= 0.3 is 10.1 Å². The molecule has 0 unspecified atom stereocenters. The van der Waals surface area contributed by atoms with E-state index in [1.54, 1.807) is 13.0 Å². The Labute approximate surface area is 168 Å². The van der Waals surface area contributed by atoms with Gasteiger partial charge in [-0.25, -0.2) is 8.42 Å². The number of hydrogen-bond donors (Lipinski definition) is 2. The molecule has 0 heterocycles. The number of amidine groups is 1. The lowest BCUT2D eigenvalue weighted by Crippen LogP contribution is -2.43. The molecule has 2 rings (SSSR count). The summed E-state index contributed by atoms with van der Waals surface area (Å²) >= 11 is 1.23. The molecule has 0 aromatic heterocycles. The van der Waals surface area contributed by atoms with Crippen molar-refractivity contribution in [1.82, 2.24) is 0 Å². The van der Waals surface area contributed by atoms with Crippen LogP contribution in [-0.2, 0) is 20.0 Å². The molecule has 2 aromatic carbocycles. The fraction of sp³-hybridized carbons (Fsp3) is 0.235. The number of benzene rings is 2. The molecule has 0 atom stereocenters. The third kappa shape index (κ3) is 6.14. The summed E-state index contributed by atoms with van der Waals surface area (Å²) in [5, 5.41) is 5.59. The second-order valence-electron chi connectivity index (χ2n) is 5.84. The highest BCUT2D eigenvalue weighted by Crippen LogP contribution is 2.28. The van der Waals surface area contributed by atoms with E-state index in [9.17, 15) is 16.8 Å². The standard InChI is InChI=1S/C17H20N2O6S3/c1-12-9-13(24-7-8-26-17(18)19)11-14(10-12)25-28(22,23)16-6-4-3-5-15(16)27(2,20)21/h3-6,9-11H,7-8H2,1-2H3,(H3,18,19)/p+1. The SMILES string of the molecule is Cc1cc(OCCSC(N)=[NH2+])cc(OS(=O)(=O)c2ccccc2S(C)(=O)=O)c1. The Morgan fingerprint density at radius 2 is 1.68 bits per heavy atom. The van der Waals surface area contributed by atoms with Gasteiger partial charge < -0.3 is 8.92 Å². The maximum atomic E-state index is 12.7. The zero-order valence-electron chi connectivity index (χ0n) is 15.3. The van der Waals surface area contributed by atoms with Crippen molar-refractivity contribution < 1.29 is 31.2 Å². The van der Waals surface area contributed by atoms with Crippen LogP contribution in [0.25, 0.3) is 0 Å². The van der Waals surface area contributed by atoms with Crippen LogP contribution in [0.1, 0.15) is 5.56 Å². The Morgan fingerprint density at radius 1 is 1.07 bits per heavy atom. The van der Waals surface area contributed by atoms with Crippen molar-refractivity contribution in [1.29, 1.82) is 0 Å². The molecule has 2 aromatic rings. The van der Waals surface area contributed by atoms with Gasteiger partial charge in [0, 0.05) is 18.1 Å². The van der Waals surface area contributed by atoms with E-state index in [0.29, 0.717) is 23.7 Å². The molecule has 0 radical (unpaired) electrons. The largest absolute Gasteiger partial charge is 0.493 e. The normalized spacial score (nSPS) is 11.8. The van der Waals surface area contributed by atoms with Gasteiger partial charge in [0.2, 0.25) is 0 Å². The molecule has 0 aliphatic heterocycles. The molecule has 0 saturated carbocycles. The minimum atomic E-state index is -4.37. The number of nitrogens with two attached hydrogens (primary N) is 2. The second kappa shape index (κ2) is 8.84. The van der Waals surface area contributed by atoms with E-state index in [1.165, 1.54) is 48.2 Å². The first-order valence-corrected chi connectivity index (χ1v) is 12.3. The molecule has 0 aliphatic rings. The van der Waals surface area contributed by atoms with Crippen LogP contribution in [0.15, 0.2) is 52.3 Å². The van der Waals surface area contributed by atoms with Crippen molar-refractivity contribution in [3.63, 3.8) is 0 Å². The number of sulfone groups is 1. The third-order valence-corrected chi connectivity index (χ3v) is 6.66. The van der Waals surface area contributed by atoms with E-state index in [1.807, 2.05) is 0 Å². The molecular formula is C17H21N2O6S3+. The molecular weight excluding hydrogens is 424 g/mol. The molecule has 0 spiro atoms. The predicted octanol–water partition coefficient (Wildman–Crippen LogP) is 0.352. The summed E-state index contributed by atoms with van der Waals surface area (Å²) in [7, 11) is -8.13. The molecule has 0 bridgehead atoms. The summed E-state index contributed by atoms with van der Waals surface area (Å²) in [4.78, 5) is -0.751. The second-order valence-corrected chi connectivity index (χ2v) is 10.5. The minimum absolute atomic E-state index is 0.0101. The Balaban J connectivity index is 2.27. The van der Waals surface area contributed by atoms with E-state index in [0.717, 1.165) is 6.26 Å². The summed E-state index contributed by atoms with van der Waals surface area (Å²) in [5.74, 6) is 0.931. The van der Waals surface area contributed by atoms with Gasteiger partial charge in [-0.1, -0.05) is 12.1 Å². The first-order chi connectivity index (χ1) is 13.0. The zero-order valence-corrected chi connectivity index (χ0v) is 17.7. The van der Waals surface area contributed by atoms with Crippen LogP contribution in [-0.4, -0.2) is 40.6 Å². The van der Waals surface area contributed by atoms with Gasteiger partial charge in [0.25, 0.3) is 5.17 Å². The fourth-order valence-corrected chi connectivity index (χ4v) is 5.22. The number of ether oxygens (including phenoxy) is 1. The molecule has 8 nitrogen and oxygen atoms in total. The molecule has 11 heteroatoms. The van der Waals surface area contributed by atoms with Crippen LogP contribution in [0.4, 0.5) is 0 Å². The van der Waals surface area contributed by atoms with Crippen LogP contribution in [0.3, 0.4) is 0 Å². The van der Waals surface area contributed by atoms with Crippen molar-refractivity contribution in [3.05, 3.63) is 48.0 Å². The lowest BCUT2D eigenvalue weighted by Gasteiger charge is -2.12. The Kier molecular flexibility index (Phi) is 6.96. The molecule has 0 aliphatic carbocycles. The third-order valence-electron chi connectivity index (χ3n) is 3.37. The summed E-state index contributed by atoms with van der Waals surface area (Å²) in [6, 6.07) is 9.90. The first-order valence-electron chi connectivity index (χ1n) is 7.98.